The van der Waals surface area contributed by atoms with Gasteiger partial charge in [0.1, 0.15) is 11.6 Å². The minimum atomic E-state index is -0.373. The third-order valence-corrected chi connectivity index (χ3v) is 6.39. The number of nitrogens with zero attached hydrogens (tertiary/aromatic N) is 1. The molecule has 0 saturated heterocycles. The number of hydrogen-bond donors (Lipinski definition) is 2. The van der Waals surface area contributed by atoms with Crippen LogP contribution in [-0.4, -0.2) is 36.5 Å². The van der Waals surface area contributed by atoms with Gasteiger partial charge >= 0.3 is 0 Å². The first kappa shape index (κ1) is 21.2. The van der Waals surface area contributed by atoms with Crippen LogP contribution in [0.3, 0.4) is 0 Å². The van der Waals surface area contributed by atoms with Crippen molar-refractivity contribution in [1.82, 2.24) is 15.6 Å². The fourth-order valence-corrected chi connectivity index (χ4v) is 5.03. The largest absolute Gasteiger partial charge is 0.483 e. The first-order valence-corrected chi connectivity index (χ1v) is 11.4. The van der Waals surface area contributed by atoms with Gasteiger partial charge in [-0.1, -0.05) is 12.1 Å². The van der Waals surface area contributed by atoms with Crippen molar-refractivity contribution in [3.05, 3.63) is 58.2 Å². The Morgan fingerprint density at radius 1 is 1.13 bits per heavy atom. The maximum Gasteiger partial charge on any atom is 0.258 e. The molecule has 0 aliphatic heterocycles. The zero-order valence-electron chi connectivity index (χ0n) is 16.7. The second-order valence-corrected chi connectivity index (χ2v) is 9.06. The lowest BCUT2D eigenvalue weighted by Gasteiger charge is -2.10. The van der Waals surface area contributed by atoms with Crippen LogP contribution in [0.5, 0.6) is 5.75 Å². The summed E-state index contributed by atoms with van der Waals surface area (Å²) in [6.07, 6.45) is 0.0883. The highest BCUT2D eigenvalue weighted by Gasteiger charge is 2.13. The van der Waals surface area contributed by atoms with Gasteiger partial charge in [-0.05, 0) is 36.1 Å². The number of thiazole rings is 1. The van der Waals surface area contributed by atoms with Crippen LogP contribution in [0.4, 0.5) is 4.39 Å². The Hall–Kier alpha value is -3.04. The SMILES string of the molecule is Cc1nc2c(cc(OCC(=O)NCCNC(=O)Cc3cccc(F)c3)c3ccsc32)s1. The summed E-state index contributed by atoms with van der Waals surface area (Å²) in [5.74, 6) is -0.222. The molecule has 4 rings (SSSR count). The number of ether oxygens (including phenoxy) is 1. The summed E-state index contributed by atoms with van der Waals surface area (Å²) in [5.41, 5.74) is 1.57. The molecule has 160 valence electrons. The molecule has 0 bridgehead atoms. The number of amides is 2. The molecule has 0 aliphatic rings. The Balaban J connectivity index is 1.24. The highest BCUT2D eigenvalue weighted by molar-refractivity contribution is 7.21. The minimum Gasteiger partial charge on any atom is -0.483 e. The van der Waals surface area contributed by atoms with Gasteiger partial charge < -0.3 is 15.4 Å². The number of aromatic nitrogens is 1. The highest BCUT2D eigenvalue weighted by Crippen LogP contribution is 2.38. The van der Waals surface area contributed by atoms with Crippen LogP contribution in [0, 0.1) is 12.7 Å². The number of carbonyl (C=O) groups excluding carboxylic acids is 2. The average molecular weight is 458 g/mol. The normalized spacial score (nSPS) is 11.0. The number of rotatable bonds is 8. The van der Waals surface area contributed by atoms with Crippen LogP contribution in [0.2, 0.25) is 0 Å². The van der Waals surface area contributed by atoms with Crippen LogP contribution in [-0.2, 0) is 16.0 Å². The molecule has 2 aromatic carbocycles. The molecule has 2 heterocycles. The molecule has 0 atom stereocenters. The molecular weight excluding hydrogens is 437 g/mol. The van der Waals surface area contributed by atoms with Gasteiger partial charge in [-0.3, -0.25) is 9.59 Å². The van der Waals surface area contributed by atoms with Crippen molar-refractivity contribution >= 4 is 54.8 Å². The van der Waals surface area contributed by atoms with Crippen LogP contribution in [0.1, 0.15) is 10.6 Å². The number of benzene rings is 2. The molecule has 0 radical (unpaired) electrons. The smallest absolute Gasteiger partial charge is 0.258 e. The van der Waals surface area contributed by atoms with Crippen molar-refractivity contribution in [2.45, 2.75) is 13.3 Å². The number of carbonyl (C=O) groups is 2. The van der Waals surface area contributed by atoms with E-state index in [2.05, 4.69) is 15.6 Å². The van der Waals surface area contributed by atoms with Gasteiger partial charge in [0.25, 0.3) is 5.91 Å². The van der Waals surface area contributed by atoms with Crippen molar-refractivity contribution < 1.29 is 18.7 Å². The van der Waals surface area contributed by atoms with E-state index in [1.165, 1.54) is 12.1 Å². The zero-order valence-corrected chi connectivity index (χ0v) is 18.4. The number of aryl methyl sites for hydroxylation is 1. The maximum atomic E-state index is 13.2. The van der Waals surface area contributed by atoms with Gasteiger partial charge in [0.2, 0.25) is 5.91 Å². The van der Waals surface area contributed by atoms with Crippen LogP contribution < -0.4 is 15.4 Å². The van der Waals surface area contributed by atoms with E-state index in [9.17, 15) is 14.0 Å². The first-order chi connectivity index (χ1) is 15.0. The standard InChI is InChI=1S/C22H20FN3O3S2/c1-13-26-21-18(31-13)11-17(16-5-8-30-22(16)21)29-12-20(28)25-7-6-24-19(27)10-14-3-2-4-15(23)9-14/h2-5,8-9,11H,6-7,10,12H2,1H3,(H,24,27)(H,25,28). The van der Waals surface area contributed by atoms with Crippen molar-refractivity contribution in [3.8, 4) is 5.75 Å². The third-order valence-electron chi connectivity index (χ3n) is 4.55. The van der Waals surface area contributed by atoms with Gasteiger partial charge in [-0.15, -0.1) is 22.7 Å². The summed E-state index contributed by atoms with van der Waals surface area (Å²) >= 11 is 3.20. The van der Waals surface area contributed by atoms with Gasteiger partial charge in [0.15, 0.2) is 6.61 Å². The molecule has 2 aromatic heterocycles. The van der Waals surface area contributed by atoms with Crippen molar-refractivity contribution in [3.63, 3.8) is 0 Å². The maximum absolute atomic E-state index is 13.2. The second-order valence-electron chi connectivity index (χ2n) is 6.91. The van der Waals surface area contributed by atoms with Crippen molar-refractivity contribution in [1.29, 1.82) is 0 Å². The average Bonchev–Trinajstić information content (AvgIpc) is 3.35. The highest BCUT2D eigenvalue weighted by atomic mass is 32.1. The number of hydrogen-bond acceptors (Lipinski definition) is 6. The molecule has 2 amide bonds. The molecule has 31 heavy (non-hydrogen) atoms. The molecule has 4 aromatic rings. The van der Waals surface area contributed by atoms with E-state index in [1.54, 1.807) is 34.8 Å². The lowest BCUT2D eigenvalue weighted by Crippen LogP contribution is -2.37. The van der Waals surface area contributed by atoms with E-state index in [4.69, 9.17) is 4.74 Å². The summed E-state index contributed by atoms with van der Waals surface area (Å²) < 4.78 is 21.0. The molecule has 6 nitrogen and oxygen atoms in total. The molecule has 0 aliphatic carbocycles. The molecule has 0 spiro atoms. The van der Waals surface area contributed by atoms with Crippen molar-refractivity contribution in [2.75, 3.05) is 19.7 Å². The summed E-state index contributed by atoms with van der Waals surface area (Å²) in [7, 11) is 0. The van der Waals surface area contributed by atoms with Crippen LogP contribution in [0.15, 0.2) is 41.8 Å². The van der Waals surface area contributed by atoms with Crippen LogP contribution >= 0.6 is 22.7 Å². The molecular formula is C22H20FN3O3S2. The van der Waals surface area contributed by atoms with E-state index in [0.29, 0.717) is 11.3 Å². The number of halogens is 1. The molecule has 0 fully saturated rings. The molecule has 0 saturated carbocycles. The van der Waals surface area contributed by atoms with Gasteiger partial charge in [-0.25, -0.2) is 9.37 Å². The van der Waals surface area contributed by atoms with Gasteiger partial charge in [0, 0.05) is 24.5 Å². The Kier molecular flexibility index (Phi) is 6.43. The van der Waals surface area contributed by atoms with E-state index in [1.807, 2.05) is 24.4 Å². The molecule has 9 heteroatoms. The predicted molar refractivity (Wildman–Crippen MR) is 121 cm³/mol. The van der Waals surface area contributed by atoms with Crippen molar-refractivity contribution in [2.24, 2.45) is 0 Å². The number of fused-ring (bicyclic) bond motifs is 3. The fourth-order valence-electron chi connectivity index (χ4n) is 3.20. The summed E-state index contributed by atoms with van der Waals surface area (Å²) in [4.78, 5) is 28.6. The van der Waals surface area contributed by atoms with E-state index < -0.39 is 0 Å². The summed E-state index contributed by atoms with van der Waals surface area (Å²) in [5, 5.41) is 9.33. The molecule has 2 N–H and O–H groups in total. The first-order valence-electron chi connectivity index (χ1n) is 9.67. The van der Waals surface area contributed by atoms with E-state index in [0.717, 1.165) is 25.3 Å². The number of nitrogens with one attached hydrogen (secondary N) is 2. The fraction of sp³-hybridized carbons (Fsp3) is 0.227. The Bertz CT molecular complexity index is 1250. The topological polar surface area (TPSA) is 80.3 Å². The molecule has 0 unspecified atom stereocenters. The predicted octanol–water partition coefficient (Wildman–Crippen LogP) is 3.81. The quantitative estimate of drug-likeness (QED) is 0.394. The lowest BCUT2D eigenvalue weighted by molar-refractivity contribution is -0.123. The lowest BCUT2D eigenvalue weighted by atomic mass is 10.1. The monoisotopic (exact) mass is 457 g/mol. The van der Waals surface area contributed by atoms with E-state index >= 15 is 0 Å². The summed E-state index contributed by atoms with van der Waals surface area (Å²) in [6, 6.07) is 9.81. The summed E-state index contributed by atoms with van der Waals surface area (Å²) in [6.45, 7) is 2.40. The Labute approximate surface area is 186 Å². The second kappa shape index (κ2) is 9.40. The van der Waals surface area contributed by atoms with Gasteiger partial charge in [0.05, 0.1) is 26.3 Å². The minimum absolute atomic E-state index is 0.0883. The van der Waals surface area contributed by atoms with Gasteiger partial charge in [-0.2, -0.15) is 0 Å². The van der Waals surface area contributed by atoms with E-state index in [-0.39, 0.29) is 43.7 Å². The Morgan fingerprint density at radius 3 is 2.74 bits per heavy atom. The zero-order chi connectivity index (χ0) is 21.8. The van der Waals surface area contributed by atoms with Crippen LogP contribution in [0.25, 0.3) is 20.3 Å². The Morgan fingerprint density at radius 2 is 1.94 bits per heavy atom. The number of thiophene rings is 1. The third kappa shape index (κ3) is 5.18.